The lowest BCUT2D eigenvalue weighted by Crippen LogP contribution is -2.54. The fraction of sp³-hybridized carbons (Fsp3) is 0.414. The van der Waals surface area contributed by atoms with Gasteiger partial charge in [0.05, 0.1) is 6.61 Å². The Bertz CT molecular complexity index is 1240. The maximum absolute atomic E-state index is 13.8. The van der Waals surface area contributed by atoms with Gasteiger partial charge in [-0.15, -0.1) is 0 Å². The van der Waals surface area contributed by atoms with Crippen molar-refractivity contribution in [2.75, 3.05) is 13.2 Å². The summed E-state index contributed by atoms with van der Waals surface area (Å²) in [6.07, 6.45) is -6.82. The van der Waals surface area contributed by atoms with Crippen LogP contribution in [0.2, 0.25) is 5.02 Å². The number of hydrogen-bond donors (Lipinski definition) is 1. The number of rotatable bonds is 14. The minimum absolute atomic E-state index is 0.0368. The number of Topliss-reactive ketones (excluding diaryl/α,β-unsaturated/α-hetero) is 1. The van der Waals surface area contributed by atoms with Crippen LogP contribution in [0.3, 0.4) is 0 Å². The van der Waals surface area contributed by atoms with E-state index in [0.717, 1.165) is 33.3 Å². The number of carbonyl (C=O) groups excluding carboxylic acids is 5. The molecule has 2 aromatic carbocycles. The van der Waals surface area contributed by atoms with Gasteiger partial charge in [-0.05, 0) is 54.8 Å². The van der Waals surface area contributed by atoms with Crippen LogP contribution >= 0.6 is 11.6 Å². The molecule has 4 atom stereocenters. The molecule has 0 saturated heterocycles. The first-order valence-corrected chi connectivity index (χ1v) is 13.1. The van der Waals surface area contributed by atoms with Crippen LogP contribution in [0.25, 0.3) is 0 Å². The van der Waals surface area contributed by atoms with Crippen molar-refractivity contribution in [3.05, 3.63) is 64.2 Å². The monoisotopic (exact) mass is 592 g/mol. The van der Waals surface area contributed by atoms with Crippen LogP contribution < -0.4 is 4.74 Å². The predicted octanol–water partition coefficient (Wildman–Crippen LogP) is 3.23. The normalized spacial score (nSPS) is 13.6. The quantitative estimate of drug-likeness (QED) is 0.195. The molecule has 2 rings (SSSR count). The van der Waals surface area contributed by atoms with Gasteiger partial charge in [0, 0.05) is 38.3 Å². The summed E-state index contributed by atoms with van der Waals surface area (Å²) < 4.78 is 26.0. The molecule has 1 N–H and O–H groups in total. The molecule has 41 heavy (non-hydrogen) atoms. The highest BCUT2D eigenvalue weighted by Crippen LogP contribution is 2.26. The number of halogens is 1. The van der Waals surface area contributed by atoms with Crippen LogP contribution in [0.4, 0.5) is 0 Å². The average Bonchev–Trinajstić information content (AvgIpc) is 2.89. The van der Waals surface area contributed by atoms with Crippen molar-refractivity contribution in [2.24, 2.45) is 0 Å². The second-order valence-electron chi connectivity index (χ2n) is 8.97. The summed E-state index contributed by atoms with van der Waals surface area (Å²) in [5.41, 5.74) is 1.48. The third kappa shape index (κ3) is 10.5. The van der Waals surface area contributed by atoms with Crippen molar-refractivity contribution in [2.45, 2.75) is 65.5 Å². The summed E-state index contributed by atoms with van der Waals surface area (Å²) in [5, 5.41) is 11.1. The molecule has 12 heteroatoms. The van der Waals surface area contributed by atoms with Gasteiger partial charge >= 0.3 is 23.9 Å². The Morgan fingerprint density at radius 2 is 1.39 bits per heavy atom. The smallest absolute Gasteiger partial charge is 0.303 e. The van der Waals surface area contributed by atoms with E-state index in [1.165, 1.54) is 18.2 Å². The molecule has 222 valence electrons. The fourth-order valence-electron chi connectivity index (χ4n) is 3.91. The zero-order chi connectivity index (χ0) is 30.7. The van der Waals surface area contributed by atoms with E-state index < -0.39 is 60.7 Å². The van der Waals surface area contributed by atoms with E-state index in [1.807, 2.05) is 19.1 Å². The number of aliphatic hydroxyl groups excluding tert-OH is 1. The largest absolute Gasteiger partial charge is 0.494 e. The number of ether oxygens (including phenoxy) is 5. The van der Waals surface area contributed by atoms with Gasteiger partial charge < -0.3 is 28.8 Å². The third-order valence-electron chi connectivity index (χ3n) is 5.57. The molecular weight excluding hydrogens is 560 g/mol. The molecule has 0 fully saturated rings. The molecule has 0 aromatic heterocycles. The first kappa shape index (κ1) is 33.2. The maximum atomic E-state index is 13.8. The minimum Gasteiger partial charge on any atom is -0.494 e. The number of ketones is 1. The fourth-order valence-corrected chi connectivity index (χ4v) is 4.10. The van der Waals surface area contributed by atoms with Gasteiger partial charge in [0.1, 0.15) is 18.5 Å². The van der Waals surface area contributed by atoms with Crippen molar-refractivity contribution in [1.29, 1.82) is 0 Å². The highest BCUT2D eigenvalue weighted by molar-refractivity contribution is 6.31. The van der Waals surface area contributed by atoms with Crippen LogP contribution in [-0.4, -0.2) is 72.4 Å². The highest BCUT2D eigenvalue weighted by Gasteiger charge is 2.45. The molecular formula is C29H33ClO11. The van der Waals surface area contributed by atoms with Crippen LogP contribution in [0.1, 0.15) is 56.1 Å². The summed E-state index contributed by atoms with van der Waals surface area (Å²) in [6.45, 7) is 5.88. The molecule has 0 saturated carbocycles. The lowest BCUT2D eigenvalue weighted by molar-refractivity contribution is -0.192. The zero-order valence-electron chi connectivity index (χ0n) is 23.4. The van der Waals surface area contributed by atoms with E-state index in [2.05, 4.69) is 0 Å². The van der Waals surface area contributed by atoms with E-state index in [1.54, 1.807) is 12.1 Å². The molecule has 0 aliphatic rings. The van der Waals surface area contributed by atoms with Gasteiger partial charge in [0.2, 0.25) is 11.9 Å². The van der Waals surface area contributed by atoms with E-state index >= 15 is 0 Å². The minimum atomic E-state index is -1.85. The van der Waals surface area contributed by atoms with Gasteiger partial charge in [0.25, 0.3) is 0 Å². The standard InChI is InChI=1S/C29H33ClO11/c1-6-37-23-10-7-20(8-11-23)13-22-14-21(9-12-24(22)30)26(36)28(40-18(4)33)29(41-19(5)34)27(39-17(3)32)25(35)15-38-16(2)31/h7-12,14,25,27-29,35H,6,13,15H2,1-5H3/t25-,27-,28+,29+/m1/s1. The Morgan fingerprint density at radius 3 is 1.93 bits per heavy atom. The first-order valence-electron chi connectivity index (χ1n) is 12.7. The first-order chi connectivity index (χ1) is 19.3. The van der Waals surface area contributed by atoms with Crippen molar-refractivity contribution in [3.63, 3.8) is 0 Å². The van der Waals surface area contributed by atoms with Crippen LogP contribution in [0.5, 0.6) is 5.75 Å². The Kier molecular flexibility index (Phi) is 12.8. The molecule has 0 aliphatic carbocycles. The average molecular weight is 593 g/mol. The second kappa shape index (κ2) is 15.7. The second-order valence-corrected chi connectivity index (χ2v) is 9.38. The Labute approximate surface area is 242 Å². The Morgan fingerprint density at radius 1 is 0.805 bits per heavy atom. The number of hydrogen-bond acceptors (Lipinski definition) is 11. The summed E-state index contributed by atoms with van der Waals surface area (Å²) in [6, 6.07) is 11.7. The molecule has 0 radical (unpaired) electrons. The number of aliphatic hydroxyl groups is 1. The van der Waals surface area contributed by atoms with Crippen molar-refractivity contribution >= 4 is 41.3 Å². The molecule has 0 unspecified atom stereocenters. The van der Waals surface area contributed by atoms with Gasteiger partial charge in [-0.25, -0.2) is 0 Å². The lowest BCUT2D eigenvalue weighted by atomic mass is 9.93. The highest BCUT2D eigenvalue weighted by atomic mass is 35.5. The molecule has 0 heterocycles. The van der Waals surface area contributed by atoms with Gasteiger partial charge in [0.15, 0.2) is 12.2 Å². The van der Waals surface area contributed by atoms with Crippen LogP contribution in [0, 0.1) is 0 Å². The summed E-state index contributed by atoms with van der Waals surface area (Å²) in [7, 11) is 0. The summed E-state index contributed by atoms with van der Waals surface area (Å²) in [4.78, 5) is 61.1. The van der Waals surface area contributed by atoms with Crippen LogP contribution in [-0.2, 0) is 44.5 Å². The number of benzene rings is 2. The van der Waals surface area contributed by atoms with E-state index in [9.17, 15) is 29.1 Å². The topological polar surface area (TPSA) is 152 Å². The molecule has 0 spiro atoms. The summed E-state index contributed by atoms with van der Waals surface area (Å²) >= 11 is 6.41. The van der Waals surface area contributed by atoms with Gasteiger partial charge in [-0.3, -0.25) is 24.0 Å². The van der Waals surface area contributed by atoms with Gasteiger partial charge in [-0.1, -0.05) is 23.7 Å². The van der Waals surface area contributed by atoms with E-state index in [0.29, 0.717) is 29.4 Å². The summed E-state index contributed by atoms with van der Waals surface area (Å²) in [5.74, 6) is -3.63. The SMILES string of the molecule is CCOc1ccc(Cc2cc(C(=O)[C@H](OC(C)=O)[C@@H](OC(C)=O)[C@H](OC(C)=O)[C@H](O)COC(C)=O)ccc2Cl)cc1. The van der Waals surface area contributed by atoms with Crippen molar-refractivity contribution < 1.29 is 52.8 Å². The van der Waals surface area contributed by atoms with Crippen molar-refractivity contribution in [3.8, 4) is 5.75 Å². The number of esters is 4. The van der Waals surface area contributed by atoms with Crippen LogP contribution in [0.15, 0.2) is 42.5 Å². The zero-order valence-corrected chi connectivity index (χ0v) is 24.1. The Balaban J connectivity index is 2.50. The molecule has 0 bridgehead atoms. The molecule has 11 nitrogen and oxygen atoms in total. The van der Waals surface area contributed by atoms with Gasteiger partial charge in [-0.2, -0.15) is 0 Å². The predicted molar refractivity (Wildman–Crippen MR) is 146 cm³/mol. The third-order valence-corrected chi connectivity index (χ3v) is 5.94. The lowest BCUT2D eigenvalue weighted by Gasteiger charge is -2.33. The number of carbonyl (C=O) groups is 5. The van der Waals surface area contributed by atoms with E-state index in [-0.39, 0.29) is 5.56 Å². The molecule has 0 amide bonds. The van der Waals surface area contributed by atoms with Crippen molar-refractivity contribution in [1.82, 2.24) is 0 Å². The maximum Gasteiger partial charge on any atom is 0.303 e. The molecule has 2 aromatic rings. The Hall–Kier alpha value is -3.96. The molecule has 0 aliphatic heterocycles. The van der Waals surface area contributed by atoms with E-state index in [4.69, 9.17) is 35.3 Å².